The van der Waals surface area contributed by atoms with E-state index in [1.165, 1.54) is 12.1 Å². The van der Waals surface area contributed by atoms with Gasteiger partial charge in [0.25, 0.3) is 17.7 Å². The minimum Gasteiger partial charge on any atom is -0.366 e. The second-order valence-corrected chi connectivity index (χ2v) is 13.5. The first-order valence-electron chi connectivity index (χ1n) is 15.4. The zero-order valence-corrected chi connectivity index (χ0v) is 27.0. The maximum Gasteiger partial charge on any atom is 0.435 e. The number of thiazole rings is 1. The summed E-state index contributed by atoms with van der Waals surface area (Å²) in [6.45, 7) is -1.12. The molecule has 0 saturated heterocycles. The van der Waals surface area contributed by atoms with Crippen LogP contribution in [-0.2, 0) is 29.9 Å². The Morgan fingerprint density at radius 1 is 0.981 bits per heavy atom. The van der Waals surface area contributed by atoms with Crippen LogP contribution in [0.3, 0.4) is 0 Å². The Labute approximate surface area is 290 Å². The van der Waals surface area contributed by atoms with E-state index in [-0.39, 0.29) is 50.6 Å². The number of hydrogen-bond acceptors (Lipinski definition) is 7. The molecule has 0 aliphatic heterocycles. The van der Waals surface area contributed by atoms with Gasteiger partial charge in [0.1, 0.15) is 29.7 Å². The second-order valence-electron chi connectivity index (χ2n) is 12.5. The number of aromatic nitrogens is 4. The summed E-state index contributed by atoms with van der Waals surface area (Å²) < 4.78 is 117. The fraction of sp³-hybridized carbons (Fsp3) is 0.273. The van der Waals surface area contributed by atoms with Gasteiger partial charge in [0.05, 0.1) is 22.0 Å². The summed E-state index contributed by atoms with van der Waals surface area (Å²) in [5, 5.41) is 5.74. The van der Waals surface area contributed by atoms with E-state index in [2.05, 4.69) is 20.4 Å². The molecular formula is C33H23F8N7O3S. The standard InChI is InChI=1S/C33H23F8N7O3S/c34-14-5-12(6-15(35)9-14)7-21(44-23(49)11-48-27-24(26(47-48)33(39,40)41)16-2-3-19(16)32(27,37)38)25-17(13-1-4-20(36)18(8-13)28(42)50)10-22-30(45-25)46-31(52-22)29(43)51/h1,4-6,8-10,16,19,21H,2-3,7,11H2,(H2,42,50)(H2,43,51)(H,44,49)/t16-,19+,21?/m0/s1. The summed E-state index contributed by atoms with van der Waals surface area (Å²) in [4.78, 5) is 46.3. The zero-order valence-electron chi connectivity index (χ0n) is 26.2. The van der Waals surface area contributed by atoms with Crippen LogP contribution in [0.2, 0.25) is 0 Å². The molecule has 52 heavy (non-hydrogen) atoms. The summed E-state index contributed by atoms with van der Waals surface area (Å²) in [6.07, 6.45) is -5.48. The summed E-state index contributed by atoms with van der Waals surface area (Å²) in [5.74, 6) is -12.3. The molecule has 2 aromatic carbocycles. The van der Waals surface area contributed by atoms with Crippen LogP contribution in [-0.4, -0.2) is 37.5 Å². The van der Waals surface area contributed by atoms with E-state index in [0.29, 0.717) is 10.7 Å². The van der Waals surface area contributed by atoms with Crippen molar-refractivity contribution in [3.8, 4) is 11.1 Å². The molecule has 1 unspecified atom stereocenters. The number of amides is 3. The van der Waals surface area contributed by atoms with Gasteiger partial charge < -0.3 is 16.8 Å². The third-order valence-electron chi connectivity index (χ3n) is 9.17. The Balaban J connectivity index is 1.36. The molecule has 1 fully saturated rings. The number of rotatable bonds is 9. The van der Waals surface area contributed by atoms with Gasteiger partial charge in [0.2, 0.25) is 5.91 Å². The lowest BCUT2D eigenvalue weighted by atomic mass is 9.73. The number of pyridine rings is 1. The predicted molar refractivity (Wildman–Crippen MR) is 167 cm³/mol. The van der Waals surface area contributed by atoms with Crippen molar-refractivity contribution in [3.05, 3.63) is 98.7 Å². The lowest BCUT2D eigenvalue weighted by Gasteiger charge is -2.34. The highest BCUT2D eigenvalue weighted by Gasteiger charge is 2.63. The highest BCUT2D eigenvalue weighted by Crippen LogP contribution is 2.64. The largest absolute Gasteiger partial charge is 0.435 e. The van der Waals surface area contributed by atoms with Gasteiger partial charge in [-0.3, -0.25) is 19.1 Å². The number of carbonyl (C=O) groups is 3. The molecule has 5 N–H and O–H groups in total. The molecule has 2 aliphatic carbocycles. The van der Waals surface area contributed by atoms with Crippen molar-refractivity contribution in [3.63, 3.8) is 0 Å². The van der Waals surface area contributed by atoms with Crippen LogP contribution in [0.1, 0.15) is 73.2 Å². The third kappa shape index (κ3) is 6.01. The molecule has 3 heterocycles. The van der Waals surface area contributed by atoms with Crippen molar-refractivity contribution in [1.82, 2.24) is 25.1 Å². The van der Waals surface area contributed by atoms with Gasteiger partial charge in [0, 0.05) is 23.1 Å². The molecular weight excluding hydrogens is 726 g/mol. The van der Waals surface area contributed by atoms with Crippen LogP contribution < -0.4 is 16.8 Å². The fourth-order valence-electron chi connectivity index (χ4n) is 6.88. The van der Waals surface area contributed by atoms with Crippen molar-refractivity contribution in [1.29, 1.82) is 0 Å². The smallest absolute Gasteiger partial charge is 0.366 e. The molecule has 0 radical (unpaired) electrons. The van der Waals surface area contributed by atoms with E-state index in [0.717, 1.165) is 35.6 Å². The molecule has 7 rings (SSSR count). The number of alkyl halides is 5. The van der Waals surface area contributed by atoms with Gasteiger partial charge in [-0.1, -0.05) is 6.07 Å². The Kier molecular flexibility index (Phi) is 8.30. The van der Waals surface area contributed by atoms with Gasteiger partial charge >= 0.3 is 6.18 Å². The molecule has 2 aliphatic rings. The number of hydrogen-bond donors (Lipinski definition) is 3. The molecule has 0 bridgehead atoms. The number of benzene rings is 2. The first-order chi connectivity index (χ1) is 24.4. The van der Waals surface area contributed by atoms with Gasteiger partial charge in [0.15, 0.2) is 16.3 Å². The SMILES string of the molecule is NC(=O)c1nc2nc(C(Cc3cc(F)cc(F)c3)NC(=O)Cn3nc(C(F)(F)F)c4c3C(F)(F)[C@@H]3CC[C@H]43)c(-c3ccc(F)c(C(N)=O)c3)cc2s1. The van der Waals surface area contributed by atoms with Crippen molar-refractivity contribution in [2.24, 2.45) is 17.4 Å². The number of nitrogens with two attached hydrogens (primary N) is 2. The topological polar surface area (TPSA) is 159 Å². The molecule has 5 aromatic rings. The number of nitrogens with zero attached hydrogens (tertiary/aromatic N) is 4. The van der Waals surface area contributed by atoms with Crippen molar-refractivity contribution in [2.45, 2.75) is 49.9 Å². The molecule has 270 valence electrons. The average molecular weight is 750 g/mol. The Morgan fingerprint density at radius 2 is 1.69 bits per heavy atom. The van der Waals surface area contributed by atoms with Crippen molar-refractivity contribution in [2.75, 3.05) is 0 Å². The van der Waals surface area contributed by atoms with E-state index in [1.54, 1.807) is 0 Å². The van der Waals surface area contributed by atoms with Crippen molar-refractivity contribution >= 4 is 39.4 Å². The molecule has 3 atom stereocenters. The monoisotopic (exact) mass is 749 g/mol. The summed E-state index contributed by atoms with van der Waals surface area (Å²) in [5.41, 5.74) is 6.90. The van der Waals surface area contributed by atoms with Gasteiger partial charge in [-0.2, -0.15) is 27.1 Å². The first kappa shape index (κ1) is 35.0. The minimum absolute atomic E-state index is 0.0199. The molecule has 19 heteroatoms. The maximum atomic E-state index is 15.5. The second kappa shape index (κ2) is 12.3. The van der Waals surface area contributed by atoms with Crippen molar-refractivity contribution < 1.29 is 49.5 Å². The third-order valence-corrected chi connectivity index (χ3v) is 10.2. The zero-order chi connectivity index (χ0) is 37.4. The molecule has 3 amide bonds. The number of nitrogens with one attached hydrogen (secondary N) is 1. The maximum absolute atomic E-state index is 15.5. The normalized spacial score (nSPS) is 18.1. The lowest BCUT2D eigenvalue weighted by Crippen LogP contribution is -2.36. The minimum atomic E-state index is -5.10. The Bertz CT molecular complexity index is 2300. The fourth-order valence-corrected chi connectivity index (χ4v) is 7.68. The van der Waals surface area contributed by atoms with Crippen LogP contribution in [0.5, 0.6) is 0 Å². The van der Waals surface area contributed by atoms with E-state index in [4.69, 9.17) is 11.5 Å². The number of halogens is 8. The van der Waals surface area contributed by atoms with Crippen LogP contribution in [0.25, 0.3) is 21.5 Å². The number of fused-ring (bicyclic) bond motifs is 4. The summed E-state index contributed by atoms with van der Waals surface area (Å²) >= 11 is 0.818. The summed E-state index contributed by atoms with van der Waals surface area (Å²) in [6, 6.07) is 5.64. The van der Waals surface area contributed by atoms with E-state index < -0.39 is 101 Å². The van der Waals surface area contributed by atoms with Gasteiger partial charge in [-0.15, -0.1) is 11.3 Å². The Hall–Kier alpha value is -5.46. The quantitative estimate of drug-likeness (QED) is 0.160. The number of primary amides is 2. The van der Waals surface area contributed by atoms with Crippen LogP contribution in [0, 0.1) is 23.4 Å². The molecule has 0 spiro atoms. The van der Waals surface area contributed by atoms with E-state index in [9.17, 15) is 40.7 Å². The number of carbonyl (C=O) groups excluding carboxylic acids is 3. The average Bonchev–Trinajstić information content (AvgIpc) is 3.64. The van der Waals surface area contributed by atoms with Crippen LogP contribution in [0.15, 0.2) is 42.5 Å². The van der Waals surface area contributed by atoms with Crippen LogP contribution >= 0.6 is 11.3 Å². The lowest BCUT2D eigenvalue weighted by molar-refractivity contribution is -0.144. The predicted octanol–water partition coefficient (Wildman–Crippen LogP) is 5.89. The highest BCUT2D eigenvalue weighted by molar-refractivity contribution is 7.20. The highest BCUT2D eigenvalue weighted by atomic mass is 32.1. The van der Waals surface area contributed by atoms with Gasteiger partial charge in [-0.05, 0) is 66.6 Å². The van der Waals surface area contributed by atoms with Gasteiger partial charge in [-0.25, -0.2) is 23.1 Å². The molecule has 3 aromatic heterocycles. The van der Waals surface area contributed by atoms with E-state index in [1.807, 2.05) is 0 Å². The molecule has 10 nitrogen and oxygen atoms in total. The Morgan fingerprint density at radius 3 is 2.31 bits per heavy atom. The van der Waals surface area contributed by atoms with E-state index >= 15 is 8.78 Å². The first-order valence-corrected chi connectivity index (χ1v) is 16.3. The van der Waals surface area contributed by atoms with Crippen LogP contribution in [0.4, 0.5) is 35.1 Å². The summed E-state index contributed by atoms with van der Waals surface area (Å²) in [7, 11) is 0. The molecule has 1 saturated carbocycles.